The molecule has 218 valence electrons. The first-order chi connectivity index (χ1) is 19.9. The summed E-state index contributed by atoms with van der Waals surface area (Å²) < 4.78 is 11.7. The molecule has 1 aromatic heterocycles. The first kappa shape index (κ1) is 28.9. The minimum atomic E-state index is -0.926. The maximum atomic E-state index is 13.7. The molecule has 1 aliphatic heterocycles. The predicted molar refractivity (Wildman–Crippen MR) is 164 cm³/mol. The van der Waals surface area contributed by atoms with Crippen molar-refractivity contribution in [2.75, 3.05) is 11.5 Å². The summed E-state index contributed by atoms with van der Waals surface area (Å²) in [5.74, 6) is -0.233. The minimum absolute atomic E-state index is 0.0156. The smallest absolute Gasteiger partial charge is 0.302 e. The Hall–Kier alpha value is -4.59. The molecule has 2 N–H and O–H groups in total. The van der Waals surface area contributed by atoms with Gasteiger partial charge in [0, 0.05) is 11.1 Å². The lowest BCUT2D eigenvalue weighted by molar-refractivity contribution is -0.132. The minimum Gasteiger partial charge on any atom is -0.507 e. The number of H-pyrrole nitrogens is 1. The fourth-order valence-corrected chi connectivity index (χ4v) is 5.29. The Morgan fingerprint density at radius 2 is 1.76 bits per heavy atom. The van der Waals surface area contributed by atoms with Crippen LogP contribution in [-0.4, -0.2) is 39.5 Å². The Morgan fingerprint density at radius 1 is 1.05 bits per heavy atom. The molecule has 0 aliphatic carbocycles. The van der Waals surface area contributed by atoms with Crippen LogP contribution < -0.4 is 14.4 Å². The van der Waals surface area contributed by atoms with Gasteiger partial charge in [0.15, 0.2) is 0 Å². The summed E-state index contributed by atoms with van der Waals surface area (Å²) in [7, 11) is 0. The lowest BCUT2D eigenvalue weighted by atomic mass is 9.84. The number of nitrogens with one attached hydrogen (secondary N) is 1. The van der Waals surface area contributed by atoms with Gasteiger partial charge >= 0.3 is 5.91 Å². The number of Topliss-reactive ketones (excluding diaryl/α,β-unsaturated/α-hetero) is 1. The third-order valence-electron chi connectivity index (χ3n) is 7.23. The van der Waals surface area contributed by atoms with E-state index < -0.39 is 17.7 Å². The molecule has 8 heteroatoms. The number of anilines is 1. The molecule has 1 unspecified atom stereocenters. The molecule has 4 aromatic rings. The monoisotopic (exact) mass is 567 g/mol. The highest BCUT2D eigenvalue weighted by Gasteiger charge is 2.48. The lowest BCUT2D eigenvalue weighted by Gasteiger charge is -2.25. The fourth-order valence-electron chi connectivity index (χ4n) is 5.29. The number of carbonyl (C=O) groups is 2. The zero-order valence-electron chi connectivity index (χ0n) is 25.1. The summed E-state index contributed by atoms with van der Waals surface area (Å²) >= 11 is 0. The van der Waals surface area contributed by atoms with E-state index in [1.54, 1.807) is 36.4 Å². The number of rotatable bonds is 7. The van der Waals surface area contributed by atoms with Gasteiger partial charge in [0.2, 0.25) is 5.95 Å². The van der Waals surface area contributed by atoms with E-state index in [0.29, 0.717) is 34.7 Å². The SMILES string of the molecule is CCOc1ccc(/C(O)=C2\C(=O)C(=O)N(c3nc4ccc(C)cc4[nH]3)C2c2ccc(OC(C)C)cc2)cc1C(C)(C)C. The van der Waals surface area contributed by atoms with Gasteiger partial charge in [-0.2, -0.15) is 0 Å². The third-order valence-corrected chi connectivity index (χ3v) is 7.23. The van der Waals surface area contributed by atoms with Crippen molar-refractivity contribution in [1.82, 2.24) is 9.97 Å². The fraction of sp³-hybridized carbons (Fsp3) is 0.324. The topological polar surface area (TPSA) is 105 Å². The summed E-state index contributed by atoms with van der Waals surface area (Å²) in [4.78, 5) is 36.6. The van der Waals surface area contributed by atoms with Crippen molar-refractivity contribution in [3.05, 3.63) is 88.5 Å². The second-order valence-corrected chi connectivity index (χ2v) is 11.9. The quantitative estimate of drug-likeness (QED) is 0.142. The van der Waals surface area contributed by atoms with Gasteiger partial charge in [-0.05, 0) is 86.7 Å². The summed E-state index contributed by atoms with van der Waals surface area (Å²) in [6, 6.07) is 17.3. The Labute approximate surface area is 246 Å². The van der Waals surface area contributed by atoms with Crippen molar-refractivity contribution in [2.45, 2.75) is 66.0 Å². The number of imidazole rings is 1. The van der Waals surface area contributed by atoms with Gasteiger partial charge in [0.05, 0.1) is 35.4 Å². The number of aliphatic hydroxyl groups is 1. The number of aliphatic hydroxyl groups excluding tert-OH is 1. The van der Waals surface area contributed by atoms with E-state index in [0.717, 1.165) is 16.6 Å². The highest BCUT2D eigenvalue weighted by Crippen LogP contribution is 2.43. The molecule has 1 fully saturated rings. The van der Waals surface area contributed by atoms with Crippen LogP contribution in [0, 0.1) is 6.92 Å². The van der Waals surface area contributed by atoms with E-state index in [1.165, 1.54) is 4.90 Å². The Morgan fingerprint density at radius 3 is 2.40 bits per heavy atom. The van der Waals surface area contributed by atoms with E-state index in [-0.39, 0.29) is 28.8 Å². The summed E-state index contributed by atoms with van der Waals surface area (Å²) in [5.41, 5.74) is 4.05. The molecule has 8 nitrogen and oxygen atoms in total. The second-order valence-electron chi connectivity index (χ2n) is 11.9. The predicted octanol–water partition coefficient (Wildman–Crippen LogP) is 6.98. The van der Waals surface area contributed by atoms with E-state index >= 15 is 0 Å². The number of nitrogens with zero attached hydrogens (tertiary/aromatic N) is 2. The average molecular weight is 568 g/mol. The van der Waals surface area contributed by atoms with E-state index in [2.05, 4.69) is 30.7 Å². The highest BCUT2D eigenvalue weighted by molar-refractivity contribution is 6.51. The van der Waals surface area contributed by atoms with Gasteiger partial charge in [0.1, 0.15) is 17.3 Å². The molecule has 0 radical (unpaired) electrons. The largest absolute Gasteiger partial charge is 0.507 e. The molecule has 0 spiro atoms. The lowest BCUT2D eigenvalue weighted by Crippen LogP contribution is -2.30. The van der Waals surface area contributed by atoms with Crippen LogP contribution in [0.2, 0.25) is 0 Å². The molecule has 2 heterocycles. The highest BCUT2D eigenvalue weighted by atomic mass is 16.5. The van der Waals surface area contributed by atoms with Crippen LogP contribution >= 0.6 is 0 Å². The molecule has 3 aromatic carbocycles. The average Bonchev–Trinajstić information content (AvgIpc) is 3.45. The van der Waals surface area contributed by atoms with Gasteiger partial charge in [-0.3, -0.25) is 14.5 Å². The Kier molecular flexibility index (Phi) is 7.58. The van der Waals surface area contributed by atoms with Crippen molar-refractivity contribution in [2.24, 2.45) is 0 Å². The van der Waals surface area contributed by atoms with E-state index in [9.17, 15) is 14.7 Å². The number of benzene rings is 3. The van der Waals surface area contributed by atoms with Crippen LogP contribution in [0.1, 0.15) is 69.8 Å². The molecule has 1 saturated heterocycles. The number of carbonyl (C=O) groups excluding carboxylic acids is 2. The number of hydrogen-bond donors (Lipinski definition) is 2. The zero-order chi connectivity index (χ0) is 30.3. The van der Waals surface area contributed by atoms with Gasteiger partial charge in [-0.15, -0.1) is 0 Å². The van der Waals surface area contributed by atoms with Crippen molar-refractivity contribution in [3.8, 4) is 11.5 Å². The van der Waals surface area contributed by atoms with Gasteiger partial charge in [0.25, 0.3) is 5.78 Å². The van der Waals surface area contributed by atoms with Crippen molar-refractivity contribution in [1.29, 1.82) is 0 Å². The molecule has 1 aliphatic rings. The summed E-state index contributed by atoms with van der Waals surface area (Å²) in [6.07, 6.45) is -0.0165. The normalized spacial score (nSPS) is 17.0. The molecule has 1 atom stereocenters. The molecule has 0 bridgehead atoms. The summed E-state index contributed by atoms with van der Waals surface area (Å²) in [6.45, 7) is 14.4. The third kappa shape index (κ3) is 5.36. The molecular formula is C34H37N3O5. The van der Waals surface area contributed by atoms with Crippen molar-refractivity contribution >= 4 is 34.4 Å². The number of aryl methyl sites for hydroxylation is 1. The number of hydrogen-bond acceptors (Lipinski definition) is 6. The van der Waals surface area contributed by atoms with Crippen LogP contribution in [0.15, 0.2) is 66.2 Å². The van der Waals surface area contributed by atoms with Crippen molar-refractivity contribution in [3.63, 3.8) is 0 Å². The molecule has 1 amide bonds. The zero-order valence-corrected chi connectivity index (χ0v) is 25.1. The standard InChI is InChI=1S/C34H37N3O5/c1-8-41-27-16-12-22(18-24(27)34(5,6)7)30(38)28-29(21-10-13-23(14-11-21)42-19(2)3)37(32(40)31(28)39)33-35-25-15-9-20(4)17-26(25)36-33/h9-19,29,38H,8H2,1-7H3,(H,35,36)/b30-28+. The van der Waals surface area contributed by atoms with E-state index in [1.807, 2.05) is 52.0 Å². The van der Waals surface area contributed by atoms with Gasteiger partial charge in [-0.1, -0.05) is 39.0 Å². The number of ketones is 1. The van der Waals surface area contributed by atoms with Crippen LogP contribution in [0.3, 0.4) is 0 Å². The van der Waals surface area contributed by atoms with Crippen LogP contribution in [0.4, 0.5) is 5.95 Å². The summed E-state index contributed by atoms with van der Waals surface area (Å²) in [5, 5.41) is 11.7. The number of aromatic nitrogens is 2. The van der Waals surface area contributed by atoms with Gasteiger partial charge in [-0.25, -0.2) is 4.98 Å². The first-order valence-electron chi connectivity index (χ1n) is 14.2. The first-order valence-corrected chi connectivity index (χ1v) is 14.2. The number of ether oxygens (including phenoxy) is 2. The molecule has 0 saturated carbocycles. The maximum absolute atomic E-state index is 13.7. The maximum Gasteiger partial charge on any atom is 0.302 e. The Bertz CT molecular complexity index is 1690. The molecule has 42 heavy (non-hydrogen) atoms. The molecular weight excluding hydrogens is 530 g/mol. The van der Waals surface area contributed by atoms with Crippen LogP contribution in [0.25, 0.3) is 16.8 Å². The number of aromatic amines is 1. The Balaban J connectivity index is 1.70. The van der Waals surface area contributed by atoms with Crippen LogP contribution in [-0.2, 0) is 15.0 Å². The number of amides is 1. The van der Waals surface area contributed by atoms with Crippen LogP contribution in [0.5, 0.6) is 11.5 Å². The second kappa shape index (κ2) is 11.0. The van der Waals surface area contributed by atoms with E-state index in [4.69, 9.17) is 9.47 Å². The molecule has 5 rings (SSSR count). The van der Waals surface area contributed by atoms with Gasteiger partial charge < -0.3 is 19.6 Å². The number of fused-ring (bicyclic) bond motifs is 1. The van der Waals surface area contributed by atoms with Crippen molar-refractivity contribution < 1.29 is 24.2 Å².